The van der Waals surface area contributed by atoms with E-state index in [4.69, 9.17) is 5.73 Å². The van der Waals surface area contributed by atoms with Crippen LogP contribution in [0, 0.1) is 5.92 Å². The van der Waals surface area contributed by atoms with Crippen molar-refractivity contribution < 1.29 is 9.59 Å². The van der Waals surface area contributed by atoms with Crippen LogP contribution in [0.2, 0.25) is 0 Å². The molecule has 4 rings (SSSR count). The van der Waals surface area contributed by atoms with Crippen LogP contribution in [0.4, 0.5) is 0 Å². The first-order valence-corrected chi connectivity index (χ1v) is 10.2. The molecule has 2 aliphatic rings. The van der Waals surface area contributed by atoms with E-state index >= 15 is 0 Å². The number of amides is 2. The lowest BCUT2D eigenvalue weighted by atomic mass is 9.97. The number of hydrogen-bond acceptors (Lipinski definition) is 5. The van der Waals surface area contributed by atoms with Crippen molar-refractivity contribution in [3.05, 3.63) is 34.6 Å². The number of aromatic nitrogens is 2. The molecule has 2 N–H and O–H groups in total. The second-order valence-electron chi connectivity index (χ2n) is 7.19. The van der Waals surface area contributed by atoms with Crippen LogP contribution >= 0.6 is 11.8 Å². The van der Waals surface area contributed by atoms with Crippen molar-refractivity contribution in [2.75, 3.05) is 18.8 Å². The first-order chi connectivity index (χ1) is 13.0. The summed E-state index contributed by atoms with van der Waals surface area (Å²) in [5.74, 6) is -0.464. The molecule has 1 aliphatic heterocycles. The third-order valence-corrected chi connectivity index (χ3v) is 6.13. The minimum atomic E-state index is -0.348. The molecule has 142 valence electrons. The topological polar surface area (TPSA) is 98.3 Å². The van der Waals surface area contributed by atoms with E-state index in [1.807, 2.05) is 18.2 Å². The largest absolute Gasteiger partial charge is 0.369 e. The van der Waals surface area contributed by atoms with Gasteiger partial charge in [-0.05, 0) is 37.8 Å². The van der Waals surface area contributed by atoms with Crippen LogP contribution in [-0.2, 0) is 9.59 Å². The molecule has 7 nitrogen and oxygen atoms in total. The number of nitrogens with two attached hydrogens (primary N) is 1. The van der Waals surface area contributed by atoms with Crippen LogP contribution in [0.15, 0.2) is 34.2 Å². The van der Waals surface area contributed by atoms with Crippen LogP contribution in [0.1, 0.15) is 31.7 Å². The van der Waals surface area contributed by atoms with Crippen molar-refractivity contribution in [1.82, 2.24) is 14.5 Å². The molecule has 2 amide bonds. The van der Waals surface area contributed by atoms with Crippen molar-refractivity contribution in [3.63, 3.8) is 0 Å². The van der Waals surface area contributed by atoms with Crippen molar-refractivity contribution in [2.45, 2.75) is 36.9 Å². The number of thioether (sulfide) groups is 1. The summed E-state index contributed by atoms with van der Waals surface area (Å²) in [4.78, 5) is 43.2. The van der Waals surface area contributed by atoms with Crippen LogP contribution in [-0.4, -0.2) is 45.1 Å². The van der Waals surface area contributed by atoms with Crippen LogP contribution in [0.5, 0.6) is 0 Å². The highest BCUT2D eigenvalue weighted by Crippen LogP contribution is 2.36. The van der Waals surface area contributed by atoms with Crippen LogP contribution < -0.4 is 11.3 Å². The summed E-state index contributed by atoms with van der Waals surface area (Å²) >= 11 is 1.30. The Morgan fingerprint density at radius 1 is 1.22 bits per heavy atom. The normalized spacial score (nSPS) is 20.0. The van der Waals surface area contributed by atoms with Gasteiger partial charge < -0.3 is 10.6 Å². The average Bonchev–Trinajstić information content (AvgIpc) is 3.51. The van der Waals surface area contributed by atoms with Gasteiger partial charge in [-0.15, -0.1) is 0 Å². The fourth-order valence-corrected chi connectivity index (χ4v) is 4.50. The standard InChI is InChI=1S/C19H22N4O3S/c20-17(25)12-4-3-9-22(10-12)16(24)11-27-19-21-15-6-2-1-5-14(15)18(26)23(19)13-7-8-13/h1-2,5-6,12-13H,3-4,7-11H2,(H2,20,25)/t12-/m1/s1. The van der Waals surface area contributed by atoms with Gasteiger partial charge in [-0.3, -0.25) is 19.0 Å². The Labute approximate surface area is 160 Å². The summed E-state index contributed by atoms with van der Waals surface area (Å²) in [6.07, 6.45) is 3.45. The summed E-state index contributed by atoms with van der Waals surface area (Å²) < 4.78 is 1.74. The predicted octanol–water partition coefficient (Wildman–Crippen LogP) is 1.55. The minimum Gasteiger partial charge on any atom is -0.369 e. The zero-order valence-corrected chi connectivity index (χ0v) is 15.8. The van der Waals surface area contributed by atoms with E-state index in [0.29, 0.717) is 29.1 Å². The molecule has 0 bridgehead atoms. The second-order valence-corrected chi connectivity index (χ2v) is 8.13. The molecular formula is C19H22N4O3S. The monoisotopic (exact) mass is 386 g/mol. The SMILES string of the molecule is NC(=O)[C@@H]1CCCN(C(=O)CSc2nc3ccccc3c(=O)n2C2CC2)C1. The smallest absolute Gasteiger partial charge is 0.262 e. The van der Waals surface area contributed by atoms with E-state index in [1.54, 1.807) is 15.5 Å². The second kappa shape index (κ2) is 7.34. The maximum absolute atomic E-state index is 12.9. The molecular weight excluding hydrogens is 364 g/mol. The number of carbonyl (C=O) groups excluding carboxylic acids is 2. The molecule has 0 unspecified atom stereocenters. The molecule has 0 spiro atoms. The Morgan fingerprint density at radius 3 is 2.74 bits per heavy atom. The number of carbonyl (C=O) groups is 2. The van der Waals surface area contributed by atoms with E-state index in [1.165, 1.54) is 11.8 Å². The number of benzene rings is 1. The van der Waals surface area contributed by atoms with E-state index in [-0.39, 0.29) is 35.1 Å². The molecule has 0 radical (unpaired) electrons. The number of primary amides is 1. The highest BCUT2D eigenvalue weighted by molar-refractivity contribution is 7.99. The van der Waals surface area contributed by atoms with Gasteiger partial charge >= 0.3 is 0 Å². The van der Waals surface area contributed by atoms with Gasteiger partial charge in [0.1, 0.15) is 0 Å². The summed E-state index contributed by atoms with van der Waals surface area (Å²) in [5.41, 5.74) is 6.01. The maximum Gasteiger partial charge on any atom is 0.262 e. The van der Waals surface area contributed by atoms with Gasteiger partial charge in [-0.2, -0.15) is 0 Å². The highest BCUT2D eigenvalue weighted by atomic mass is 32.2. The summed E-state index contributed by atoms with van der Waals surface area (Å²) in [6, 6.07) is 7.49. The van der Waals surface area contributed by atoms with Gasteiger partial charge in [0.05, 0.1) is 22.6 Å². The molecule has 1 aromatic carbocycles. The van der Waals surface area contributed by atoms with Crippen molar-refractivity contribution in [3.8, 4) is 0 Å². The molecule has 1 atom stereocenters. The fourth-order valence-electron chi connectivity index (χ4n) is 3.54. The maximum atomic E-state index is 12.9. The van der Waals surface area contributed by atoms with Crippen LogP contribution in [0.25, 0.3) is 10.9 Å². The Balaban J connectivity index is 1.53. The Bertz CT molecular complexity index is 954. The zero-order valence-electron chi connectivity index (χ0n) is 15.0. The van der Waals surface area contributed by atoms with E-state index < -0.39 is 0 Å². The first kappa shape index (κ1) is 18.0. The lowest BCUT2D eigenvalue weighted by Gasteiger charge is -2.31. The van der Waals surface area contributed by atoms with Gasteiger partial charge in [-0.1, -0.05) is 23.9 Å². The number of piperidine rings is 1. The summed E-state index contributed by atoms with van der Waals surface area (Å²) in [6.45, 7) is 1.03. The number of para-hydroxylation sites is 1. The molecule has 1 saturated carbocycles. The molecule has 8 heteroatoms. The fraction of sp³-hybridized carbons (Fsp3) is 0.474. The highest BCUT2D eigenvalue weighted by Gasteiger charge is 2.30. The molecule has 1 aliphatic carbocycles. The first-order valence-electron chi connectivity index (χ1n) is 9.26. The Hall–Kier alpha value is -2.35. The van der Waals surface area contributed by atoms with Gasteiger partial charge in [0, 0.05) is 19.1 Å². The van der Waals surface area contributed by atoms with E-state index in [9.17, 15) is 14.4 Å². The lowest BCUT2D eigenvalue weighted by Crippen LogP contribution is -2.44. The molecule has 1 saturated heterocycles. The van der Waals surface area contributed by atoms with Gasteiger partial charge in [-0.25, -0.2) is 4.98 Å². The number of fused-ring (bicyclic) bond motifs is 1. The third kappa shape index (κ3) is 3.71. The molecule has 2 aromatic rings. The number of rotatable bonds is 5. The van der Waals surface area contributed by atoms with Crippen molar-refractivity contribution in [1.29, 1.82) is 0 Å². The van der Waals surface area contributed by atoms with Crippen LogP contribution in [0.3, 0.4) is 0 Å². The molecule has 27 heavy (non-hydrogen) atoms. The number of hydrogen-bond donors (Lipinski definition) is 1. The van der Waals surface area contributed by atoms with E-state index in [0.717, 1.165) is 25.7 Å². The molecule has 2 fully saturated rings. The van der Waals surface area contributed by atoms with Gasteiger partial charge in [0.15, 0.2) is 5.16 Å². The quantitative estimate of drug-likeness (QED) is 0.621. The van der Waals surface area contributed by atoms with Gasteiger partial charge in [0.25, 0.3) is 5.56 Å². The Kier molecular flexibility index (Phi) is 4.90. The van der Waals surface area contributed by atoms with E-state index in [2.05, 4.69) is 4.98 Å². The average molecular weight is 386 g/mol. The Morgan fingerprint density at radius 2 is 2.00 bits per heavy atom. The number of likely N-dealkylation sites (tertiary alicyclic amines) is 1. The third-order valence-electron chi connectivity index (χ3n) is 5.19. The van der Waals surface area contributed by atoms with Crippen molar-refractivity contribution >= 4 is 34.5 Å². The minimum absolute atomic E-state index is 0.0372. The lowest BCUT2D eigenvalue weighted by molar-refractivity contribution is -0.132. The predicted molar refractivity (Wildman–Crippen MR) is 103 cm³/mol. The number of nitrogens with zero attached hydrogens (tertiary/aromatic N) is 3. The summed E-state index contributed by atoms with van der Waals surface area (Å²) in [7, 11) is 0. The molecule has 2 heterocycles. The zero-order chi connectivity index (χ0) is 19.0. The molecule has 1 aromatic heterocycles. The van der Waals surface area contributed by atoms with Crippen molar-refractivity contribution in [2.24, 2.45) is 11.7 Å². The van der Waals surface area contributed by atoms with Gasteiger partial charge in [0.2, 0.25) is 11.8 Å². The summed E-state index contributed by atoms with van der Waals surface area (Å²) in [5, 5.41) is 1.21.